The lowest BCUT2D eigenvalue weighted by Crippen LogP contribution is -2.32. The maximum atomic E-state index is 11.2. The van der Waals surface area contributed by atoms with Gasteiger partial charge in [0.15, 0.2) is 0 Å². The molecule has 1 aromatic rings. The molecule has 1 rings (SSSR count). The molecule has 0 spiro atoms. The Morgan fingerprint density at radius 2 is 2.31 bits per heavy atom. The summed E-state index contributed by atoms with van der Waals surface area (Å²) in [5.74, 6) is -0.0528. The van der Waals surface area contributed by atoms with Gasteiger partial charge in [-0.15, -0.1) is 0 Å². The highest BCUT2D eigenvalue weighted by atomic mass is 79.9. The van der Waals surface area contributed by atoms with Crippen LogP contribution in [0.4, 0.5) is 5.69 Å². The summed E-state index contributed by atoms with van der Waals surface area (Å²) >= 11 is 3.31. The zero-order chi connectivity index (χ0) is 12.1. The summed E-state index contributed by atoms with van der Waals surface area (Å²) in [5, 5.41) is 11.3. The van der Waals surface area contributed by atoms with Gasteiger partial charge < -0.3 is 10.2 Å². The number of carbonyl (C=O) groups excluding carboxylic acids is 1. The zero-order valence-electron chi connectivity index (χ0n) is 9.12. The highest BCUT2D eigenvalue weighted by Gasteiger charge is 2.07. The van der Waals surface area contributed by atoms with Gasteiger partial charge in [0, 0.05) is 24.3 Å². The number of nitrogens with zero attached hydrogens (tertiary/aromatic N) is 2. The minimum absolute atomic E-state index is 0.0528. The van der Waals surface area contributed by atoms with Crippen molar-refractivity contribution in [2.24, 2.45) is 0 Å². The Morgan fingerprint density at radius 1 is 1.62 bits per heavy atom. The van der Waals surface area contributed by atoms with Crippen molar-refractivity contribution in [2.45, 2.75) is 0 Å². The first-order valence-electron chi connectivity index (χ1n) is 4.70. The van der Waals surface area contributed by atoms with Crippen molar-refractivity contribution < 1.29 is 4.79 Å². The minimum atomic E-state index is -0.0528. The van der Waals surface area contributed by atoms with Crippen LogP contribution in [-0.2, 0) is 4.79 Å². The number of likely N-dealkylation sites (N-methyl/N-ethyl adjacent to an activating group) is 2. The fourth-order valence-electron chi connectivity index (χ4n) is 1.22. The van der Waals surface area contributed by atoms with E-state index in [1.54, 1.807) is 13.1 Å². The molecular formula is C11H12BrN3O. The molecule has 0 aliphatic rings. The van der Waals surface area contributed by atoms with E-state index >= 15 is 0 Å². The largest absolute Gasteiger partial charge is 0.365 e. The van der Waals surface area contributed by atoms with E-state index in [1.807, 2.05) is 24.1 Å². The molecule has 16 heavy (non-hydrogen) atoms. The van der Waals surface area contributed by atoms with Crippen LogP contribution in [0.1, 0.15) is 5.56 Å². The smallest absolute Gasteiger partial charge is 0.239 e. The predicted octanol–water partition coefficient (Wildman–Crippen LogP) is 1.50. The normalized spacial score (nSPS) is 9.38. The first-order valence-corrected chi connectivity index (χ1v) is 5.49. The number of amides is 1. The van der Waals surface area contributed by atoms with Gasteiger partial charge in [0.1, 0.15) is 6.07 Å². The molecule has 0 heterocycles. The fraction of sp³-hybridized carbons (Fsp3) is 0.273. The van der Waals surface area contributed by atoms with Crippen LogP contribution in [0.3, 0.4) is 0 Å². The van der Waals surface area contributed by atoms with Gasteiger partial charge in [-0.3, -0.25) is 4.79 Å². The monoisotopic (exact) mass is 281 g/mol. The summed E-state index contributed by atoms with van der Waals surface area (Å²) in [6.45, 7) is 0.287. The minimum Gasteiger partial charge on any atom is -0.365 e. The molecule has 4 nitrogen and oxygen atoms in total. The molecule has 0 bridgehead atoms. The van der Waals surface area contributed by atoms with Crippen LogP contribution in [0.5, 0.6) is 0 Å². The molecule has 1 amide bonds. The van der Waals surface area contributed by atoms with Gasteiger partial charge in [0.2, 0.25) is 5.91 Å². The van der Waals surface area contributed by atoms with Crippen molar-refractivity contribution in [3.8, 4) is 6.07 Å². The summed E-state index contributed by atoms with van der Waals surface area (Å²) in [5.41, 5.74) is 1.46. The lowest BCUT2D eigenvalue weighted by Gasteiger charge is -2.18. The maximum absolute atomic E-state index is 11.2. The molecule has 0 saturated carbocycles. The second-order valence-corrected chi connectivity index (χ2v) is 4.16. The SMILES string of the molecule is CNC(=O)CN(C)c1ccc(C#N)c(Br)c1. The Kier molecular flexibility index (Phi) is 4.32. The summed E-state index contributed by atoms with van der Waals surface area (Å²) in [7, 11) is 3.42. The van der Waals surface area contributed by atoms with Crippen molar-refractivity contribution in [1.29, 1.82) is 5.26 Å². The van der Waals surface area contributed by atoms with E-state index in [4.69, 9.17) is 5.26 Å². The second kappa shape index (κ2) is 5.52. The molecule has 0 aliphatic heterocycles. The average molecular weight is 282 g/mol. The molecule has 0 aromatic heterocycles. The lowest BCUT2D eigenvalue weighted by atomic mass is 10.2. The van der Waals surface area contributed by atoms with E-state index in [-0.39, 0.29) is 12.5 Å². The van der Waals surface area contributed by atoms with Crippen LogP contribution in [-0.4, -0.2) is 26.5 Å². The van der Waals surface area contributed by atoms with Crippen LogP contribution in [0.25, 0.3) is 0 Å². The molecule has 1 N–H and O–H groups in total. The Balaban J connectivity index is 2.85. The van der Waals surface area contributed by atoms with Gasteiger partial charge in [0.05, 0.1) is 12.1 Å². The van der Waals surface area contributed by atoms with E-state index in [0.29, 0.717) is 5.56 Å². The summed E-state index contributed by atoms with van der Waals surface area (Å²) < 4.78 is 0.733. The number of halogens is 1. The third kappa shape index (κ3) is 2.97. The molecule has 5 heteroatoms. The number of nitriles is 1. The van der Waals surface area contributed by atoms with E-state index in [0.717, 1.165) is 10.2 Å². The van der Waals surface area contributed by atoms with Gasteiger partial charge in [-0.2, -0.15) is 5.26 Å². The van der Waals surface area contributed by atoms with E-state index in [1.165, 1.54) is 0 Å². The van der Waals surface area contributed by atoms with Crippen LogP contribution in [0.2, 0.25) is 0 Å². The van der Waals surface area contributed by atoms with Crippen LogP contribution in [0.15, 0.2) is 22.7 Å². The predicted molar refractivity (Wildman–Crippen MR) is 66.2 cm³/mol. The third-order valence-corrected chi connectivity index (χ3v) is 2.83. The summed E-state index contributed by atoms with van der Waals surface area (Å²) in [6.07, 6.45) is 0. The Labute approximate surface area is 103 Å². The summed E-state index contributed by atoms with van der Waals surface area (Å²) in [4.78, 5) is 13.0. The van der Waals surface area contributed by atoms with E-state index < -0.39 is 0 Å². The molecular weight excluding hydrogens is 270 g/mol. The first-order chi connectivity index (χ1) is 7.58. The Bertz CT molecular complexity index is 439. The number of rotatable bonds is 3. The molecule has 1 aromatic carbocycles. The van der Waals surface area contributed by atoms with Crippen molar-refractivity contribution >= 4 is 27.5 Å². The molecule has 0 radical (unpaired) electrons. The number of anilines is 1. The van der Waals surface area contributed by atoms with Gasteiger partial charge in [-0.1, -0.05) is 0 Å². The lowest BCUT2D eigenvalue weighted by molar-refractivity contribution is -0.119. The van der Waals surface area contributed by atoms with E-state index in [2.05, 4.69) is 27.3 Å². The van der Waals surface area contributed by atoms with Crippen molar-refractivity contribution in [1.82, 2.24) is 5.32 Å². The number of carbonyl (C=O) groups is 1. The topological polar surface area (TPSA) is 56.1 Å². The van der Waals surface area contributed by atoms with Gasteiger partial charge in [-0.05, 0) is 34.1 Å². The van der Waals surface area contributed by atoms with Crippen LogP contribution in [0, 0.1) is 11.3 Å². The van der Waals surface area contributed by atoms with E-state index in [9.17, 15) is 4.79 Å². The number of hydrogen-bond acceptors (Lipinski definition) is 3. The highest BCUT2D eigenvalue weighted by molar-refractivity contribution is 9.10. The second-order valence-electron chi connectivity index (χ2n) is 3.31. The molecule has 0 saturated heterocycles. The molecule has 0 fully saturated rings. The highest BCUT2D eigenvalue weighted by Crippen LogP contribution is 2.22. The quantitative estimate of drug-likeness (QED) is 0.914. The van der Waals surface area contributed by atoms with Crippen LogP contribution >= 0.6 is 15.9 Å². The number of nitrogens with one attached hydrogen (secondary N) is 1. The Morgan fingerprint density at radius 3 is 2.81 bits per heavy atom. The van der Waals surface area contributed by atoms with Crippen molar-refractivity contribution in [3.63, 3.8) is 0 Å². The molecule has 0 atom stereocenters. The van der Waals surface area contributed by atoms with Gasteiger partial charge >= 0.3 is 0 Å². The fourth-order valence-corrected chi connectivity index (χ4v) is 1.67. The number of hydrogen-bond donors (Lipinski definition) is 1. The van der Waals surface area contributed by atoms with Crippen LogP contribution < -0.4 is 10.2 Å². The average Bonchev–Trinajstić information content (AvgIpc) is 2.28. The van der Waals surface area contributed by atoms with Gasteiger partial charge in [-0.25, -0.2) is 0 Å². The van der Waals surface area contributed by atoms with Crippen molar-refractivity contribution in [2.75, 3.05) is 25.5 Å². The molecule has 84 valence electrons. The zero-order valence-corrected chi connectivity index (χ0v) is 10.7. The number of benzene rings is 1. The Hall–Kier alpha value is -1.54. The summed E-state index contributed by atoms with van der Waals surface area (Å²) in [6, 6.07) is 7.42. The maximum Gasteiger partial charge on any atom is 0.239 e. The standard InChI is InChI=1S/C11H12BrN3O/c1-14-11(16)7-15(2)9-4-3-8(6-13)10(12)5-9/h3-5H,7H2,1-2H3,(H,14,16). The molecule has 0 unspecified atom stereocenters. The third-order valence-electron chi connectivity index (χ3n) is 2.17. The van der Waals surface area contributed by atoms with Crippen molar-refractivity contribution in [3.05, 3.63) is 28.2 Å². The van der Waals surface area contributed by atoms with Gasteiger partial charge in [0.25, 0.3) is 0 Å². The first kappa shape index (κ1) is 12.5. The molecule has 0 aliphatic carbocycles.